The third-order valence-electron chi connectivity index (χ3n) is 10.5. The lowest BCUT2D eigenvalue weighted by atomic mass is 10.0. The number of hydrogen-bond donors (Lipinski definition) is 2. The summed E-state index contributed by atoms with van der Waals surface area (Å²) in [5.41, 5.74) is 11.7. The molecule has 3 N–H and O–H groups in total. The van der Waals surface area contributed by atoms with E-state index in [4.69, 9.17) is 20.4 Å². The Balaban J connectivity index is 1.17. The van der Waals surface area contributed by atoms with Crippen LogP contribution in [0.2, 0.25) is 0 Å². The van der Waals surface area contributed by atoms with Crippen LogP contribution in [-0.2, 0) is 16.1 Å². The molecule has 2 amide bonds. The van der Waals surface area contributed by atoms with E-state index in [1.165, 1.54) is 0 Å². The van der Waals surface area contributed by atoms with E-state index in [1.807, 2.05) is 30.0 Å². The molecule has 2 aliphatic carbocycles. The van der Waals surface area contributed by atoms with Crippen molar-refractivity contribution in [1.29, 1.82) is 0 Å². The average Bonchev–Trinajstić information content (AvgIpc) is 3.97. The number of imidazole rings is 1. The maximum Gasteiger partial charge on any atom is 0.253 e. The third-order valence-corrected chi connectivity index (χ3v) is 10.5. The van der Waals surface area contributed by atoms with Crippen molar-refractivity contribution in [2.24, 2.45) is 17.6 Å². The van der Waals surface area contributed by atoms with Gasteiger partial charge in [-0.25, -0.2) is 9.97 Å². The third kappa shape index (κ3) is 5.21. The predicted octanol–water partition coefficient (Wildman–Crippen LogP) is 4.96. The summed E-state index contributed by atoms with van der Waals surface area (Å²) in [6.07, 6.45) is 8.40. The van der Waals surface area contributed by atoms with Gasteiger partial charge in [-0.2, -0.15) is 0 Å². The molecule has 5 heterocycles. The van der Waals surface area contributed by atoms with Crippen LogP contribution >= 0.6 is 0 Å². The summed E-state index contributed by atoms with van der Waals surface area (Å²) in [5.74, 6) is 1.78. The summed E-state index contributed by atoms with van der Waals surface area (Å²) < 4.78 is 10.2. The van der Waals surface area contributed by atoms with Crippen LogP contribution in [-0.4, -0.2) is 68.2 Å². The molecule has 0 unspecified atom stereocenters. The molecule has 236 valence electrons. The van der Waals surface area contributed by atoms with Gasteiger partial charge in [-0.3, -0.25) is 9.59 Å². The first-order valence-electron chi connectivity index (χ1n) is 16.8. The maximum absolute atomic E-state index is 13.6. The number of nitrogens with zero attached hydrogens (tertiary/aromatic N) is 5. The molecular weight excluding hydrogens is 566 g/mol. The van der Waals surface area contributed by atoms with E-state index in [0.717, 1.165) is 97.2 Å². The predicted molar refractivity (Wildman–Crippen MR) is 173 cm³/mol. The molecule has 1 aromatic carbocycles. The highest BCUT2D eigenvalue weighted by atomic mass is 16.5. The lowest BCUT2D eigenvalue weighted by molar-refractivity contribution is -0.123. The van der Waals surface area contributed by atoms with Gasteiger partial charge in [-0.1, -0.05) is 12.8 Å². The summed E-state index contributed by atoms with van der Waals surface area (Å²) >= 11 is 0. The Bertz CT molecular complexity index is 1790. The second-order valence-corrected chi connectivity index (χ2v) is 13.7. The van der Waals surface area contributed by atoms with Gasteiger partial charge < -0.3 is 29.8 Å². The van der Waals surface area contributed by atoms with Crippen LogP contribution in [0.3, 0.4) is 0 Å². The molecule has 8 rings (SSSR count). The number of aromatic nitrogens is 4. The highest BCUT2D eigenvalue weighted by Gasteiger charge is 2.42. The van der Waals surface area contributed by atoms with E-state index in [-0.39, 0.29) is 35.9 Å². The van der Waals surface area contributed by atoms with Gasteiger partial charge in [0.2, 0.25) is 5.91 Å². The lowest BCUT2D eigenvalue weighted by Crippen LogP contribution is -2.53. The topological polar surface area (TPSA) is 120 Å². The van der Waals surface area contributed by atoms with Gasteiger partial charge in [0.05, 0.1) is 34.6 Å². The molecule has 1 saturated heterocycles. The monoisotopic (exact) mass is 609 g/mol. The quantitative estimate of drug-likeness (QED) is 0.337. The van der Waals surface area contributed by atoms with Crippen molar-refractivity contribution in [3.63, 3.8) is 0 Å². The molecule has 4 aliphatic rings. The van der Waals surface area contributed by atoms with Crippen molar-refractivity contribution in [2.75, 3.05) is 20.2 Å². The zero-order valence-corrected chi connectivity index (χ0v) is 26.2. The number of ether oxygens (including phenoxy) is 1. The number of pyridine rings is 1. The van der Waals surface area contributed by atoms with Crippen molar-refractivity contribution < 1.29 is 14.3 Å². The molecule has 2 aliphatic heterocycles. The number of likely N-dealkylation sites (tertiary alicyclic amines) is 1. The number of amides is 2. The smallest absolute Gasteiger partial charge is 0.253 e. The van der Waals surface area contributed by atoms with E-state index in [0.29, 0.717) is 30.6 Å². The van der Waals surface area contributed by atoms with Gasteiger partial charge in [-0.15, -0.1) is 0 Å². The Morgan fingerprint density at radius 1 is 1.02 bits per heavy atom. The van der Waals surface area contributed by atoms with Crippen molar-refractivity contribution in [2.45, 2.75) is 89.1 Å². The van der Waals surface area contributed by atoms with Gasteiger partial charge in [0.25, 0.3) is 5.91 Å². The Morgan fingerprint density at radius 3 is 2.69 bits per heavy atom. The van der Waals surface area contributed by atoms with Crippen LogP contribution in [0, 0.1) is 11.8 Å². The number of nitrogens with one attached hydrogen (secondary N) is 1. The summed E-state index contributed by atoms with van der Waals surface area (Å²) in [4.78, 5) is 38.7. The second-order valence-electron chi connectivity index (χ2n) is 13.7. The Morgan fingerprint density at radius 2 is 1.89 bits per heavy atom. The fourth-order valence-electron chi connectivity index (χ4n) is 7.67. The molecule has 3 fully saturated rings. The highest BCUT2D eigenvalue weighted by molar-refractivity contribution is 5.98. The molecule has 3 aromatic heterocycles. The lowest BCUT2D eigenvalue weighted by Gasteiger charge is -2.35. The number of methoxy groups -OCH3 is 1. The number of benzene rings is 1. The number of piperidine rings is 1. The first kappa shape index (κ1) is 28.7. The van der Waals surface area contributed by atoms with Gasteiger partial charge in [0.1, 0.15) is 5.65 Å². The van der Waals surface area contributed by atoms with Crippen LogP contribution in [0.25, 0.3) is 33.6 Å². The summed E-state index contributed by atoms with van der Waals surface area (Å²) in [5, 5.41) is 4.30. The van der Waals surface area contributed by atoms with Crippen LogP contribution in [0.5, 0.6) is 0 Å². The number of carbonyl (C=O) groups excluding carboxylic acids is 2. The molecule has 2 bridgehead atoms. The SMILES string of the molecule is CO[C@@H]1CCN(C(=O)c2ccc3c(c2)nc(-c2cc4ccc5nc4n2CCCCC[C@@H]2C[C@H]2C(=O)N[C@@H]5C)n3C2CC2)C[C@@H]1N. The first-order valence-corrected chi connectivity index (χ1v) is 16.8. The minimum Gasteiger partial charge on any atom is -0.380 e. The molecular formula is C35H43N7O3. The van der Waals surface area contributed by atoms with Crippen molar-refractivity contribution >= 4 is 33.9 Å². The van der Waals surface area contributed by atoms with Gasteiger partial charge in [-0.05, 0) is 87.8 Å². The van der Waals surface area contributed by atoms with E-state index < -0.39 is 0 Å². The van der Waals surface area contributed by atoms with E-state index in [9.17, 15) is 9.59 Å². The molecule has 10 nitrogen and oxygen atoms in total. The fraction of sp³-hybridized carbons (Fsp3) is 0.543. The summed E-state index contributed by atoms with van der Waals surface area (Å²) in [7, 11) is 1.68. The standard InChI is InChI=1S/C35H43N7O3/c1-20-27-11-7-22-18-30(41(32(22)38-27)14-5-3-4-6-21-16-25(21)34(43)37-20)33-39-28-17-23(8-12-29(28)42(33)24-9-10-24)35(44)40-15-13-31(45-2)26(36)19-40/h7-8,11-12,17-18,20-21,24-26,31H,3-6,9-10,13-16,19,36H2,1-2H3,(H,37,43)/t20-,21-,25-,26+,31-/m1/s1. The van der Waals surface area contributed by atoms with Crippen LogP contribution in [0.4, 0.5) is 0 Å². The largest absolute Gasteiger partial charge is 0.380 e. The summed E-state index contributed by atoms with van der Waals surface area (Å²) in [6, 6.07) is 12.4. The number of aryl methyl sites for hydroxylation is 1. The van der Waals surface area contributed by atoms with Gasteiger partial charge in [0, 0.05) is 55.7 Å². The minimum absolute atomic E-state index is 0.0119. The molecule has 4 aromatic rings. The van der Waals surface area contributed by atoms with E-state index >= 15 is 0 Å². The van der Waals surface area contributed by atoms with Crippen molar-refractivity contribution in [1.82, 2.24) is 29.3 Å². The van der Waals surface area contributed by atoms with E-state index in [2.05, 4.69) is 32.7 Å². The van der Waals surface area contributed by atoms with Gasteiger partial charge in [0.15, 0.2) is 5.82 Å². The minimum atomic E-state index is -0.194. The highest BCUT2D eigenvalue weighted by Crippen LogP contribution is 2.44. The fourth-order valence-corrected chi connectivity index (χ4v) is 7.67. The number of hydrogen-bond acceptors (Lipinski definition) is 6. The molecule has 0 spiro atoms. The maximum atomic E-state index is 13.6. The van der Waals surface area contributed by atoms with Crippen molar-refractivity contribution in [3.05, 3.63) is 47.7 Å². The molecule has 0 radical (unpaired) electrons. The molecule has 45 heavy (non-hydrogen) atoms. The second kappa shape index (κ2) is 11.2. The van der Waals surface area contributed by atoms with Crippen LogP contribution in [0.1, 0.15) is 86.4 Å². The number of carbonyl (C=O) groups is 2. The number of rotatable bonds is 4. The molecule has 5 atom stereocenters. The first-order chi connectivity index (χ1) is 21.9. The zero-order valence-electron chi connectivity index (χ0n) is 26.2. The zero-order chi connectivity index (χ0) is 30.8. The number of fused-ring (bicyclic) bond motifs is 3. The van der Waals surface area contributed by atoms with Gasteiger partial charge >= 0.3 is 0 Å². The Labute approximate surface area is 263 Å². The Hall–Kier alpha value is -3.76. The normalized spacial score (nSPS) is 27.4. The van der Waals surface area contributed by atoms with Crippen LogP contribution in [0.15, 0.2) is 36.4 Å². The molecule has 10 heteroatoms. The average molecular weight is 610 g/mol. The summed E-state index contributed by atoms with van der Waals surface area (Å²) in [6.45, 7) is 4.00. The molecule has 2 saturated carbocycles. The van der Waals surface area contributed by atoms with E-state index in [1.54, 1.807) is 7.11 Å². The number of nitrogens with two attached hydrogens (primary N) is 1. The van der Waals surface area contributed by atoms with Crippen LogP contribution < -0.4 is 11.1 Å². The Kier molecular flexibility index (Phi) is 7.17. The van der Waals surface area contributed by atoms with Crippen molar-refractivity contribution in [3.8, 4) is 11.5 Å².